The van der Waals surface area contributed by atoms with Gasteiger partial charge in [-0.2, -0.15) is 0 Å². The van der Waals surface area contributed by atoms with Gasteiger partial charge in [0.05, 0.1) is 6.61 Å². The maximum atomic E-state index is 12.7. The van der Waals surface area contributed by atoms with Crippen molar-refractivity contribution in [2.45, 2.75) is 19.6 Å². The van der Waals surface area contributed by atoms with E-state index in [1.807, 2.05) is 41.4 Å². The molecule has 5 heteroatoms. The van der Waals surface area contributed by atoms with E-state index < -0.39 is 0 Å². The summed E-state index contributed by atoms with van der Waals surface area (Å²) in [6.45, 7) is 6.03. The number of ether oxygens (including phenoxy) is 1. The summed E-state index contributed by atoms with van der Waals surface area (Å²) in [6.07, 6.45) is 3.72. The van der Waals surface area contributed by atoms with Crippen LogP contribution in [-0.2, 0) is 11.3 Å². The fourth-order valence-corrected chi connectivity index (χ4v) is 3.24. The first-order valence-electron chi connectivity index (χ1n) is 8.70. The first-order chi connectivity index (χ1) is 12.2. The van der Waals surface area contributed by atoms with Gasteiger partial charge in [0.1, 0.15) is 0 Å². The molecule has 25 heavy (non-hydrogen) atoms. The Morgan fingerprint density at radius 2 is 1.88 bits per heavy atom. The van der Waals surface area contributed by atoms with Gasteiger partial charge < -0.3 is 9.64 Å². The lowest BCUT2D eigenvalue weighted by Gasteiger charge is -2.38. The van der Waals surface area contributed by atoms with Gasteiger partial charge in [-0.3, -0.25) is 14.7 Å². The fourth-order valence-electron chi connectivity index (χ4n) is 3.24. The maximum absolute atomic E-state index is 12.7. The smallest absolute Gasteiger partial charge is 0.253 e. The van der Waals surface area contributed by atoms with Gasteiger partial charge in [-0.15, -0.1) is 0 Å². The fraction of sp³-hybridized carbons (Fsp3) is 0.400. The Kier molecular flexibility index (Phi) is 5.79. The third-order valence-corrected chi connectivity index (χ3v) is 4.83. The van der Waals surface area contributed by atoms with Crippen LogP contribution in [0.15, 0.2) is 48.8 Å². The molecule has 1 aliphatic heterocycles. The summed E-state index contributed by atoms with van der Waals surface area (Å²) in [6, 6.07) is 12.1. The molecule has 1 amide bonds. The van der Waals surface area contributed by atoms with Crippen LogP contribution in [-0.4, -0.2) is 54.0 Å². The van der Waals surface area contributed by atoms with Crippen LogP contribution >= 0.6 is 0 Å². The van der Waals surface area contributed by atoms with Crippen molar-refractivity contribution >= 4 is 5.91 Å². The van der Waals surface area contributed by atoms with E-state index in [1.54, 1.807) is 13.3 Å². The third kappa shape index (κ3) is 4.24. The van der Waals surface area contributed by atoms with E-state index in [0.29, 0.717) is 12.6 Å². The lowest BCUT2D eigenvalue weighted by molar-refractivity contribution is 0.0582. The number of hydrogen-bond acceptors (Lipinski definition) is 4. The molecule has 1 aromatic heterocycles. The number of carbonyl (C=O) groups excluding carboxylic acids is 1. The van der Waals surface area contributed by atoms with E-state index >= 15 is 0 Å². The average Bonchev–Trinajstić information content (AvgIpc) is 2.68. The second kappa shape index (κ2) is 8.23. The van der Waals surface area contributed by atoms with Gasteiger partial charge in [-0.1, -0.05) is 18.2 Å². The van der Waals surface area contributed by atoms with Crippen molar-refractivity contribution in [2.75, 3.05) is 33.3 Å². The Morgan fingerprint density at radius 3 is 2.48 bits per heavy atom. The number of amides is 1. The van der Waals surface area contributed by atoms with E-state index in [2.05, 4.69) is 22.9 Å². The summed E-state index contributed by atoms with van der Waals surface area (Å²) in [5.74, 6) is 0.109. The van der Waals surface area contributed by atoms with Gasteiger partial charge in [-0.05, 0) is 36.2 Å². The van der Waals surface area contributed by atoms with Crippen LogP contribution in [0.1, 0.15) is 34.5 Å². The number of piperazine rings is 1. The highest BCUT2D eigenvalue weighted by atomic mass is 16.5. The molecule has 0 saturated carbocycles. The van der Waals surface area contributed by atoms with E-state index in [0.717, 1.165) is 37.3 Å². The number of rotatable bonds is 5. The highest BCUT2D eigenvalue weighted by Crippen LogP contribution is 2.21. The summed E-state index contributed by atoms with van der Waals surface area (Å²) in [5.41, 5.74) is 3.04. The second-order valence-corrected chi connectivity index (χ2v) is 6.42. The van der Waals surface area contributed by atoms with Gasteiger partial charge in [0.2, 0.25) is 0 Å². The minimum Gasteiger partial charge on any atom is -0.380 e. The Morgan fingerprint density at radius 1 is 1.16 bits per heavy atom. The lowest BCUT2D eigenvalue weighted by Crippen LogP contribution is -2.49. The van der Waals surface area contributed by atoms with Crippen LogP contribution in [0.4, 0.5) is 0 Å². The first kappa shape index (κ1) is 17.6. The number of methoxy groups -OCH3 is 1. The molecule has 5 nitrogen and oxygen atoms in total. The molecule has 1 atom stereocenters. The predicted molar refractivity (Wildman–Crippen MR) is 97.3 cm³/mol. The Hall–Kier alpha value is -2.24. The van der Waals surface area contributed by atoms with E-state index in [9.17, 15) is 4.79 Å². The van der Waals surface area contributed by atoms with Crippen LogP contribution in [0.2, 0.25) is 0 Å². The number of pyridine rings is 1. The van der Waals surface area contributed by atoms with Gasteiger partial charge in [0.25, 0.3) is 5.91 Å². The van der Waals surface area contributed by atoms with Crippen molar-refractivity contribution in [3.63, 3.8) is 0 Å². The molecule has 3 rings (SSSR count). The normalized spacial score (nSPS) is 16.6. The number of carbonyl (C=O) groups is 1. The molecular formula is C20H25N3O2. The van der Waals surface area contributed by atoms with Gasteiger partial charge in [0.15, 0.2) is 0 Å². The molecule has 2 heterocycles. The lowest BCUT2D eigenvalue weighted by atomic mass is 10.1. The minimum atomic E-state index is 0.109. The molecule has 0 aliphatic carbocycles. The van der Waals surface area contributed by atoms with Crippen molar-refractivity contribution in [3.8, 4) is 0 Å². The van der Waals surface area contributed by atoms with Crippen molar-refractivity contribution < 1.29 is 9.53 Å². The standard InChI is InChI=1S/C20H25N3O2/c1-16(19-4-3-9-21-14-19)22-10-12-23(13-11-22)20(24)18-7-5-17(6-8-18)15-25-2/h3-9,14,16H,10-13,15H2,1-2H3/t16-/m1/s1. The molecule has 1 saturated heterocycles. The molecule has 1 aliphatic rings. The molecule has 0 spiro atoms. The zero-order chi connectivity index (χ0) is 17.6. The van der Waals surface area contributed by atoms with Crippen LogP contribution in [0.3, 0.4) is 0 Å². The second-order valence-electron chi connectivity index (χ2n) is 6.42. The van der Waals surface area contributed by atoms with Crippen LogP contribution in [0, 0.1) is 0 Å². The van der Waals surface area contributed by atoms with E-state index in [1.165, 1.54) is 5.56 Å². The minimum absolute atomic E-state index is 0.109. The molecule has 132 valence electrons. The number of aromatic nitrogens is 1. The van der Waals surface area contributed by atoms with E-state index in [-0.39, 0.29) is 5.91 Å². The Balaban J connectivity index is 1.57. The number of hydrogen-bond donors (Lipinski definition) is 0. The van der Waals surface area contributed by atoms with Crippen molar-refractivity contribution in [3.05, 3.63) is 65.5 Å². The zero-order valence-corrected chi connectivity index (χ0v) is 14.9. The van der Waals surface area contributed by atoms with Crippen LogP contribution < -0.4 is 0 Å². The summed E-state index contributed by atoms with van der Waals surface area (Å²) in [4.78, 5) is 21.2. The van der Waals surface area contributed by atoms with Crippen molar-refractivity contribution in [1.29, 1.82) is 0 Å². The predicted octanol–water partition coefficient (Wildman–Crippen LogP) is 2.75. The van der Waals surface area contributed by atoms with Crippen molar-refractivity contribution in [2.24, 2.45) is 0 Å². The molecule has 0 bridgehead atoms. The molecule has 0 unspecified atom stereocenters. The SMILES string of the molecule is COCc1ccc(C(=O)N2CCN([C@H](C)c3cccnc3)CC2)cc1. The molecule has 2 aromatic rings. The highest BCUT2D eigenvalue weighted by molar-refractivity contribution is 5.94. The summed E-state index contributed by atoms with van der Waals surface area (Å²) >= 11 is 0. The number of benzene rings is 1. The summed E-state index contributed by atoms with van der Waals surface area (Å²) in [5, 5.41) is 0. The molecule has 1 aromatic carbocycles. The van der Waals surface area contributed by atoms with E-state index in [4.69, 9.17) is 4.74 Å². The van der Waals surface area contributed by atoms with Gasteiger partial charge >= 0.3 is 0 Å². The highest BCUT2D eigenvalue weighted by Gasteiger charge is 2.25. The largest absolute Gasteiger partial charge is 0.380 e. The average molecular weight is 339 g/mol. The molecule has 0 N–H and O–H groups in total. The zero-order valence-electron chi connectivity index (χ0n) is 14.9. The first-order valence-corrected chi connectivity index (χ1v) is 8.70. The topological polar surface area (TPSA) is 45.7 Å². The monoisotopic (exact) mass is 339 g/mol. The molecular weight excluding hydrogens is 314 g/mol. The third-order valence-electron chi connectivity index (χ3n) is 4.83. The molecule has 1 fully saturated rings. The van der Waals surface area contributed by atoms with Crippen LogP contribution in [0.5, 0.6) is 0 Å². The van der Waals surface area contributed by atoms with Gasteiger partial charge in [-0.25, -0.2) is 0 Å². The summed E-state index contributed by atoms with van der Waals surface area (Å²) < 4.78 is 5.11. The summed E-state index contributed by atoms with van der Waals surface area (Å²) in [7, 11) is 1.67. The maximum Gasteiger partial charge on any atom is 0.253 e. The Labute approximate surface area is 149 Å². The van der Waals surface area contributed by atoms with Gasteiger partial charge in [0, 0.05) is 57.3 Å². The Bertz CT molecular complexity index is 680. The van der Waals surface area contributed by atoms with Crippen LogP contribution in [0.25, 0.3) is 0 Å². The quantitative estimate of drug-likeness (QED) is 0.840. The van der Waals surface area contributed by atoms with Crippen molar-refractivity contribution in [1.82, 2.24) is 14.8 Å². The number of nitrogens with zero attached hydrogens (tertiary/aromatic N) is 3. The molecule has 0 radical (unpaired) electrons.